The van der Waals surface area contributed by atoms with Crippen molar-refractivity contribution in [1.29, 1.82) is 0 Å². The minimum Gasteiger partial charge on any atom is -0.386 e. The summed E-state index contributed by atoms with van der Waals surface area (Å²) in [5.74, 6) is -2.15. The Morgan fingerprint density at radius 3 is 2.77 bits per heavy atom. The van der Waals surface area contributed by atoms with Gasteiger partial charge in [0.05, 0.1) is 18.7 Å². The van der Waals surface area contributed by atoms with Gasteiger partial charge in [-0.3, -0.25) is 9.69 Å². The van der Waals surface area contributed by atoms with Crippen molar-refractivity contribution in [3.05, 3.63) is 35.4 Å². The van der Waals surface area contributed by atoms with Gasteiger partial charge in [-0.15, -0.1) is 0 Å². The average Bonchev–Trinajstić information content (AvgIpc) is 2.86. The van der Waals surface area contributed by atoms with Gasteiger partial charge in [-0.2, -0.15) is 0 Å². The molecule has 1 amide bonds. The number of rotatable bonds is 5. The van der Waals surface area contributed by atoms with Crippen molar-refractivity contribution in [3.8, 4) is 0 Å². The molecule has 1 saturated heterocycles. The van der Waals surface area contributed by atoms with E-state index in [2.05, 4.69) is 17.1 Å². The first kappa shape index (κ1) is 16.8. The Labute approximate surface area is 129 Å². The lowest BCUT2D eigenvalue weighted by Gasteiger charge is -2.24. The molecule has 0 spiro atoms. The number of nitrogens with zero attached hydrogens (tertiary/aromatic N) is 1. The van der Waals surface area contributed by atoms with E-state index in [0.29, 0.717) is 6.04 Å². The standard InChI is InChI=1S/C16H22F2N2O2/c1-10-4-3-7-20(10)9-15(21)19-11(2)16(22)12-5-6-13(17)14(18)8-12/h5-6,8,10-11,16,22H,3-4,7,9H2,1-2H3,(H,19,21). The highest BCUT2D eigenvalue weighted by Gasteiger charge is 2.24. The van der Waals surface area contributed by atoms with Gasteiger partial charge in [0.2, 0.25) is 5.91 Å². The Morgan fingerprint density at radius 2 is 2.18 bits per heavy atom. The van der Waals surface area contributed by atoms with Crippen molar-refractivity contribution >= 4 is 5.91 Å². The Hall–Kier alpha value is -1.53. The van der Waals surface area contributed by atoms with Crippen LogP contribution in [0, 0.1) is 11.6 Å². The van der Waals surface area contributed by atoms with Crippen LogP contribution in [-0.2, 0) is 4.79 Å². The predicted octanol–water partition coefficient (Wildman–Crippen LogP) is 1.99. The molecule has 1 aromatic carbocycles. The molecule has 4 nitrogen and oxygen atoms in total. The number of hydrogen-bond donors (Lipinski definition) is 2. The van der Waals surface area contributed by atoms with Crippen molar-refractivity contribution in [1.82, 2.24) is 10.2 Å². The largest absolute Gasteiger partial charge is 0.386 e. The second-order valence-electron chi connectivity index (χ2n) is 5.94. The Bertz CT molecular complexity index is 539. The van der Waals surface area contributed by atoms with E-state index in [1.807, 2.05) is 0 Å². The second-order valence-corrected chi connectivity index (χ2v) is 5.94. The van der Waals surface area contributed by atoms with E-state index >= 15 is 0 Å². The van der Waals surface area contributed by atoms with Crippen LogP contribution < -0.4 is 5.32 Å². The molecule has 0 aliphatic carbocycles. The van der Waals surface area contributed by atoms with Crippen molar-refractivity contribution in [2.45, 2.75) is 44.9 Å². The van der Waals surface area contributed by atoms with Crippen LogP contribution in [-0.4, -0.2) is 41.1 Å². The quantitative estimate of drug-likeness (QED) is 0.874. The number of carbonyl (C=O) groups is 1. The van der Waals surface area contributed by atoms with Crippen molar-refractivity contribution in [2.75, 3.05) is 13.1 Å². The molecule has 2 N–H and O–H groups in total. The fraction of sp³-hybridized carbons (Fsp3) is 0.562. The smallest absolute Gasteiger partial charge is 0.234 e. The lowest BCUT2D eigenvalue weighted by atomic mass is 10.0. The molecule has 1 heterocycles. The molecule has 0 radical (unpaired) electrons. The molecule has 3 unspecified atom stereocenters. The monoisotopic (exact) mass is 312 g/mol. The molecule has 6 heteroatoms. The predicted molar refractivity (Wildman–Crippen MR) is 79.2 cm³/mol. The van der Waals surface area contributed by atoms with Gasteiger partial charge in [0, 0.05) is 6.04 Å². The molecule has 0 bridgehead atoms. The maximum absolute atomic E-state index is 13.2. The lowest BCUT2D eigenvalue weighted by molar-refractivity contribution is -0.123. The number of aliphatic hydroxyl groups is 1. The van der Waals surface area contributed by atoms with Crippen LogP contribution in [0.5, 0.6) is 0 Å². The van der Waals surface area contributed by atoms with Gasteiger partial charge in [-0.25, -0.2) is 8.78 Å². The molecule has 1 fully saturated rings. The number of nitrogens with one attached hydrogen (secondary N) is 1. The lowest BCUT2D eigenvalue weighted by Crippen LogP contribution is -2.44. The van der Waals surface area contributed by atoms with Crippen LogP contribution in [0.4, 0.5) is 8.78 Å². The molecule has 122 valence electrons. The highest BCUT2D eigenvalue weighted by Crippen LogP contribution is 2.20. The van der Waals surface area contributed by atoms with Crippen LogP contribution in [0.25, 0.3) is 0 Å². The normalized spacial score (nSPS) is 21.6. The van der Waals surface area contributed by atoms with Gasteiger partial charge >= 0.3 is 0 Å². The van der Waals surface area contributed by atoms with Crippen molar-refractivity contribution < 1.29 is 18.7 Å². The van der Waals surface area contributed by atoms with E-state index in [1.54, 1.807) is 6.92 Å². The van der Waals surface area contributed by atoms with E-state index in [0.717, 1.165) is 31.5 Å². The third kappa shape index (κ3) is 4.01. The molecule has 3 atom stereocenters. The number of hydrogen-bond acceptors (Lipinski definition) is 3. The molecule has 1 aromatic rings. The zero-order valence-corrected chi connectivity index (χ0v) is 12.9. The molecule has 0 aromatic heterocycles. The van der Waals surface area contributed by atoms with Gasteiger partial charge in [0.25, 0.3) is 0 Å². The first-order chi connectivity index (χ1) is 10.4. The van der Waals surface area contributed by atoms with Gasteiger partial charge < -0.3 is 10.4 Å². The third-order valence-corrected chi connectivity index (χ3v) is 4.18. The molecule has 0 saturated carbocycles. The van der Waals surface area contributed by atoms with Crippen LogP contribution in [0.3, 0.4) is 0 Å². The number of carbonyl (C=O) groups excluding carboxylic acids is 1. The highest BCUT2D eigenvalue weighted by molar-refractivity contribution is 5.78. The molecule has 22 heavy (non-hydrogen) atoms. The summed E-state index contributed by atoms with van der Waals surface area (Å²) in [5.41, 5.74) is 0.237. The maximum atomic E-state index is 13.2. The van der Waals surface area contributed by atoms with Crippen LogP contribution in [0.2, 0.25) is 0 Å². The summed E-state index contributed by atoms with van der Waals surface area (Å²) in [7, 11) is 0. The summed E-state index contributed by atoms with van der Waals surface area (Å²) in [6, 6.07) is 3.03. The van der Waals surface area contributed by atoms with Gasteiger partial charge in [-0.05, 0) is 50.9 Å². The third-order valence-electron chi connectivity index (χ3n) is 4.18. The number of benzene rings is 1. The molecular formula is C16H22F2N2O2. The first-order valence-corrected chi connectivity index (χ1v) is 7.55. The SMILES string of the molecule is CC(NC(=O)CN1CCCC1C)C(O)c1ccc(F)c(F)c1. The maximum Gasteiger partial charge on any atom is 0.234 e. The van der Waals surface area contributed by atoms with Crippen molar-refractivity contribution in [3.63, 3.8) is 0 Å². The Morgan fingerprint density at radius 1 is 1.45 bits per heavy atom. The number of amides is 1. The molecular weight excluding hydrogens is 290 g/mol. The topological polar surface area (TPSA) is 52.6 Å². The summed E-state index contributed by atoms with van der Waals surface area (Å²) < 4.78 is 26.1. The van der Waals surface area contributed by atoms with E-state index in [9.17, 15) is 18.7 Å². The summed E-state index contributed by atoms with van der Waals surface area (Å²) in [6.07, 6.45) is 1.08. The Balaban J connectivity index is 1.91. The number of halogens is 2. The van der Waals surface area contributed by atoms with Crippen LogP contribution >= 0.6 is 0 Å². The molecule has 2 rings (SSSR count). The van der Waals surface area contributed by atoms with Gasteiger partial charge in [0.1, 0.15) is 0 Å². The molecule has 1 aliphatic rings. The number of likely N-dealkylation sites (tertiary alicyclic amines) is 1. The van der Waals surface area contributed by atoms with Gasteiger partial charge in [-0.1, -0.05) is 6.07 Å². The summed E-state index contributed by atoms with van der Waals surface area (Å²) >= 11 is 0. The van der Waals surface area contributed by atoms with E-state index in [4.69, 9.17) is 0 Å². The average molecular weight is 312 g/mol. The van der Waals surface area contributed by atoms with E-state index < -0.39 is 23.8 Å². The molecule has 1 aliphatic heterocycles. The zero-order valence-electron chi connectivity index (χ0n) is 12.9. The second kappa shape index (κ2) is 7.15. The van der Waals surface area contributed by atoms with Crippen LogP contribution in [0.1, 0.15) is 38.4 Å². The van der Waals surface area contributed by atoms with Crippen molar-refractivity contribution in [2.24, 2.45) is 0 Å². The fourth-order valence-electron chi connectivity index (χ4n) is 2.78. The van der Waals surface area contributed by atoms with Crippen LogP contribution in [0.15, 0.2) is 18.2 Å². The summed E-state index contributed by atoms with van der Waals surface area (Å²) in [6.45, 7) is 4.90. The highest BCUT2D eigenvalue weighted by atomic mass is 19.2. The summed E-state index contributed by atoms with van der Waals surface area (Å²) in [4.78, 5) is 14.1. The van der Waals surface area contributed by atoms with E-state index in [-0.39, 0.29) is 18.0 Å². The fourth-order valence-corrected chi connectivity index (χ4v) is 2.78. The summed E-state index contributed by atoms with van der Waals surface area (Å²) in [5, 5.41) is 12.9. The van der Waals surface area contributed by atoms with Gasteiger partial charge in [0.15, 0.2) is 11.6 Å². The first-order valence-electron chi connectivity index (χ1n) is 7.55. The number of aliphatic hydroxyl groups excluding tert-OH is 1. The minimum absolute atomic E-state index is 0.178. The Kier molecular flexibility index (Phi) is 5.47. The minimum atomic E-state index is -1.09. The van der Waals surface area contributed by atoms with E-state index in [1.165, 1.54) is 6.07 Å². The zero-order chi connectivity index (χ0) is 16.3.